The largest absolute Gasteiger partial charge is 0.379 e. The molecule has 3 heterocycles. The van der Waals surface area contributed by atoms with Crippen LogP contribution in [0.4, 0.5) is 23.7 Å². The minimum Gasteiger partial charge on any atom is -0.379 e. The van der Waals surface area contributed by atoms with Crippen LogP contribution in [0.15, 0.2) is 24.4 Å². The molecule has 2 atom stereocenters. The number of hydrazine groups is 1. The van der Waals surface area contributed by atoms with Crippen LogP contribution in [-0.4, -0.2) is 57.4 Å². The van der Waals surface area contributed by atoms with Crippen molar-refractivity contribution in [2.24, 2.45) is 0 Å². The molecule has 0 aliphatic carbocycles. The molecule has 0 N–H and O–H groups in total. The minimum atomic E-state index is -1.65. The number of urea groups is 1. The summed E-state index contributed by atoms with van der Waals surface area (Å²) in [6.07, 6.45) is 1.14. The fourth-order valence-corrected chi connectivity index (χ4v) is 3.74. The maximum absolute atomic E-state index is 14.0. The van der Waals surface area contributed by atoms with Gasteiger partial charge in [0.1, 0.15) is 0 Å². The number of anilines is 1. The summed E-state index contributed by atoms with van der Waals surface area (Å²) in [6.45, 7) is 2.43. The lowest BCUT2D eigenvalue weighted by Crippen LogP contribution is -2.57. The molecule has 3 amide bonds. The number of amides is 3. The summed E-state index contributed by atoms with van der Waals surface area (Å²) < 4.78 is 48.4. The Morgan fingerprint density at radius 2 is 1.93 bits per heavy atom. The predicted octanol–water partition coefficient (Wildman–Crippen LogP) is 2.29. The predicted molar refractivity (Wildman–Crippen MR) is 98.6 cm³/mol. The SMILES string of the molecule is CO[C@@H]1CC(=O)N(N(C(=O)N2Cc3ccnn3CC2C)c2cc(F)c(F)c(F)c2)C1. The molecule has 0 spiro atoms. The molecule has 8 nitrogen and oxygen atoms in total. The van der Waals surface area contributed by atoms with Crippen molar-refractivity contribution in [2.45, 2.75) is 38.6 Å². The Labute approximate surface area is 170 Å². The van der Waals surface area contributed by atoms with Crippen molar-refractivity contribution in [1.82, 2.24) is 19.7 Å². The van der Waals surface area contributed by atoms with E-state index in [-0.39, 0.29) is 31.2 Å². The zero-order valence-electron chi connectivity index (χ0n) is 16.4. The first-order valence-corrected chi connectivity index (χ1v) is 9.39. The van der Waals surface area contributed by atoms with Crippen LogP contribution >= 0.6 is 0 Å². The Kier molecular flexibility index (Phi) is 5.14. The van der Waals surface area contributed by atoms with Gasteiger partial charge in [0.05, 0.1) is 49.6 Å². The van der Waals surface area contributed by atoms with E-state index in [2.05, 4.69) is 5.10 Å². The first kappa shape index (κ1) is 20.2. The number of hydrogen-bond donors (Lipinski definition) is 0. The van der Waals surface area contributed by atoms with Gasteiger partial charge < -0.3 is 9.64 Å². The highest BCUT2D eigenvalue weighted by Gasteiger charge is 2.41. The minimum absolute atomic E-state index is 0.00869. The van der Waals surface area contributed by atoms with Gasteiger partial charge in [0, 0.05) is 25.4 Å². The lowest BCUT2D eigenvalue weighted by Gasteiger charge is -2.40. The van der Waals surface area contributed by atoms with Gasteiger partial charge in [0.2, 0.25) is 5.91 Å². The molecule has 2 aromatic rings. The maximum atomic E-state index is 14.0. The van der Waals surface area contributed by atoms with Crippen molar-refractivity contribution in [2.75, 3.05) is 18.7 Å². The zero-order chi connectivity index (χ0) is 21.6. The number of fused-ring (bicyclic) bond motifs is 1. The van der Waals surface area contributed by atoms with E-state index in [4.69, 9.17) is 4.74 Å². The molecule has 1 aromatic heterocycles. The number of methoxy groups -OCH3 is 1. The zero-order valence-corrected chi connectivity index (χ0v) is 16.4. The van der Waals surface area contributed by atoms with Crippen LogP contribution in [-0.2, 0) is 22.6 Å². The van der Waals surface area contributed by atoms with Crippen molar-refractivity contribution in [3.8, 4) is 0 Å². The Bertz CT molecular complexity index is 975. The van der Waals surface area contributed by atoms with Gasteiger partial charge in [-0.2, -0.15) is 10.1 Å². The van der Waals surface area contributed by atoms with E-state index in [1.807, 2.05) is 0 Å². The third-order valence-corrected chi connectivity index (χ3v) is 5.39. The van der Waals surface area contributed by atoms with Crippen molar-refractivity contribution >= 4 is 17.6 Å². The van der Waals surface area contributed by atoms with Crippen molar-refractivity contribution < 1.29 is 27.5 Å². The fraction of sp³-hybridized carbons (Fsp3) is 0.421. The molecule has 0 radical (unpaired) electrons. The van der Waals surface area contributed by atoms with Crippen molar-refractivity contribution in [3.63, 3.8) is 0 Å². The third-order valence-electron chi connectivity index (χ3n) is 5.39. The van der Waals surface area contributed by atoms with E-state index in [1.54, 1.807) is 23.9 Å². The number of nitrogens with zero attached hydrogens (tertiary/aromatic N) is 5. The fourth-order valence-electron chi connectivity index (χ4n) is 3.74. The van der Waals surface area contributed by atoms with Crippen LogP contribution in [0.1, 0.15) is 19.0 Å². The molecule has 11 heteroatoms. The summed E-state index contributed by atoms with van der Waals surface area (Å²) in [5, 5.41) is 6.17. The third kappa shape index (κ3) is 3.38. The lowest BCUT2D eigenvalue weighted by molar-refractivity contribution is -0.128. The molecule has 2 aliphatic rings. The molecule has 1 fully saturated rings. The number of hydrogen-bond acceptors (Lipinski definition) is 4. The summed E-state index contributed by atoms with van der Waals surface area (Å²) >= 11 is 0. The molecule has 0 bridgehead atoms. The van der Waals surface area contributed by atoms with Gasteiger partial charge in [-0.1, -0.05) is 0 Å². The van der Waals surface area contributed by atoms with Crippen LogP contribution in [0.5, 0.6) is 0 Å². The standard InChI is InChI=1S/C19H20F3N5O3/c1-11-8-25-12(3-4-23-25)9-24(11)19(29)27(26-10-14(30-2)7-17(26)28)13-5-15(20)18(22)16(21)6-13/h3-6,11,14H,7-10H2,1-2H3/t11?,14-/m1/s1. The van der Waals surface area contributed by atoms with E-state index in [0.29, 0.717) is 18.7 Å². The average molecular weight is 423 g/mol. The molecular weight excluding hydrogens is 403 g/mol. The van der Waals surface area contributed by atoms with Gasteiger partial charge in [-0.15, -0.1) is 0 Å². The highest BCUT2D eigenvalue weighted by Crippen LogP contribution is 2.29. The Morgan fingerprint density at radius 3 is 2.57 bits per heavy atom. The van der Waals surface area contributed by atoms with Crippen LogP contribution in [0.25, 0.3) is 0 Å². The molecule has 1 aromatic carbocycles. The summed E-state index contributed by atoms with van der Waals surface area (Å²) in [5.74, 6) is -5.01. The molecule has 2 aliphatic heterocycles. The summed E-state index contributed by atoms with van der Waals surface area (Å²) in [6, 6.07) is 2.19. The quantitative estimate of drug-likeness (QED) is 0.711. The van der Waals surface area contributed by atoms with Gasteiger partial charge in [-0.25, -0.2) is 23.0 Å². The normalized spacial score (nSPS) is 21.2. The number of ether oxygens (including phenoxy) is 1. The number of benzene rings is 1. The van der Waals surface area contributed by atoms with E-state index < -0.39 is 35.5 Å². The number of aromatic nitrogens is 2. The first-order chi connectivity index (χ1) is 14.3. The van der Waals surface area contributed by atoms with Crippen LogP contribution in [0, 0.1) is 17.5 Å². The summed E-state index contributed by atoms with van der Waals surface area (Å²) in [7, 11) is 1.43. The van der Waals surface area contributed by atoms with Crippen LogP contribution in [0.3, 0.4) is 0 Å². The highest BCUT2D eigenvalue weighted by molar-refractivity contribution is 5.96. The molecule has 160 valence electrons. The van der Waals surface area contributed by atoms with Crippen LogP contribution in [0.2, 0.25) is 0 Å². The number of carbonyl (C=O) groups is 2. The second-order valence-electron chi connectivity index (χ2n) is 7.34. The Morgan fingerprint density at radius 1 is 1.23 bits per heavy atom. The van der Waals surface area contributed by atoms with Gasteiger partial charge in [-0.3, -0.25) is 9.48 Å². The monoisotopic (exact) mass is 423 g/mol. The smallest absolute Gasteiger partial charge is 0.344 e. The van der Waals surface area contributed by atoms with Crippen molar-refractivity contribution in [1.29, 1.82) is 0 Å². The lowest BCUT2D eigenvalue weighted by atomic mass is 10.2. The molecule has 30 heavy (non-hydrogen) atoms. The van der Waals surface area contributed by atoms with Gasteiger partial charge in [-0.05, 0) is 13.0 Å². The Balaban J connectivity index is 1.74. The van der Waals surface area contributed by atoms with E-state index in [1.165, 1.54) is 12.0 Å². The van der Waals surface area contributed by atoms with Gasteiger partial charge >= 0.3 is 6.03 Å². The Hall–Kier alpha value is -3.08. The molecule has 4 rings (SSSR count). The second-order valence-corrected chi connectivity index (χ2v) is 7.34. The van der Waals surface area contributed by atoms with E-state index in [9.17, 15) is 22.8 Å². The van der Waals surface area contributed by atoms with Gasteiger partial charge in [0.15, 0.2) is 17.5 Å². The highest BCUT2D eigenvalue weighted by atomic mass is 19.2. The average Bonchev–Trinajstić information content (AvgIpc) is 3.31. The molecule has 1 saturated heterocycles. The summed E-state index contributed by atoms with van der Waals surface area (Å²) in [4.78, 5) is 27.6. The maximum Gasteiger partial charge on any atom is 0.344 e. The topological polar surface area (TPSA) is 70.9 Å². The molecule has 1 unspecified atom stereocenters. The van der Waals surface area contributed by atoms with E-state index in [0.717, 1.165) is 15.7 Å². The number of carbonyl (C=O) groups excluding carboxylic acids is 2. The number of halogens is 3. The van der Waals surface area contributed by atoms with Crippen molar-refractivity contribution in [3.05, 3.63) is 47.5 Å². The number of rotatable bonds is 3. The van der Waals surface area contributed by atoms with E-state index >= 15 is 0 Å². The van der Waals surface area contributed by atoms with Crippen LogP contribution < -0.4 is 5.01 Å². The molecule has 0 saturated carbocycles. The van der Waals surface area contributed by atoms with Gasteiger partial charge in [0.25, 0.3) is 0 Å². The molecular formula is C19H20F3N5O3. The second kappa shape index (κ2) is 7.63. The summed E-state index contributed by atoms with van der Waals surface area (Å²) in [5.41, 5.74) is 0.494. The first-order valence-electron chi connectivity index (χ1n) is 9.39.